The first kappa shape index (κ1) is 20.5. The van der Waals surface area contributed by atoms with Crippen LogP contribution in [0.1, 0.15) is 16.7 Å². The van der Waals surface area contributed by atoms with Crippen molar-refractivity contribution >= 4 is 27.9 Å². The highest BCUT2D eigenvalue weighted by Gasteiger charge is 2.14. The Hall–Kier alpha value is -2.84. The van der Waals surface area contributed by atoms with E-state index in [2.05, 4.69) is 22.5 Å². The fraction of sp³-hybridized carbons (Fsp3) is 0.182. The van der Waals surface area contributed by atoms with Crippen molar-refractivity contribution in [3.63, 3.8) is 0 Å². The van der Waals surface area contributed by atoms with Crippen LogP contribution in [-0.2, 0) is 17.8 Å². The minimum atomic E-state index is -0.330. The number of carbonyl (C=O) groups is 1. The van der Waals surface area contributed by atoms with Crippen LogP contribution in [0, 0.1) is 11.3 Å². The second-order valence-electron chi connectivity index (χ2n) is 6.13. The van der Waals surface area contributed by atoms with Crippen LogP contribution < -0.4 is 4.74 Å². The maximum atomic E-state index is 12.1. The lowest BCUT2D eigenvalue weighted by Crippen LogP contribution is -2.22. The van der Waals surface area contributed by atoms with Crippen molar-refractivity contribution in [1.29, 1.82) is 5.26 Å². The van der Waals surface area contributed by atoms with E-state index >= 15 is 0 Å². The second kappa shape index (κ2) is 9.75. The first-order valence-corrected chi connectivity index (χ1v) is 9.19. The summed E-state index contributed by atoms with van der Waals surface area (Å²) in [5, 5.41) is 9.30. The van der Waals surface area contributed by atoms with Crippen LogP contribution in [0.4, 0.5) is 0 Å². The molecule has 0 aliphatic rings. The zero-order chi connectivity index (χ0) is 19.8. The first-order valence-electron chi connectivity index (χ1n) is 8.39. The number of ether oxygens (including phenoxy) is 1. The highest BCUT2D eigenvalue weighted by Crippen LogP contribution is 2.33. The molecule has 27 heavy (non-hydrogen) atoms. The number of nitriles is 1. The molecule has 5 heteroatoms. The molecular weight excluding hydrogens is 404 g/mol. The van der Waals surface area contributed by atoms with E-state index in [1.54, 1.807) is 26.2 Å². The molecule has 0 heterocycles. The summed E-state index contributed by atoms with van der Waals surface area (Å²) in [6.45, 7) is 4.25. The van der Waals surface area contributed by atoms with Crippen molar-refractivity contribution in [1.82, 2.24) is 4.90 Å². The van der Waals surface area contributed by atoms with E-state index in [1.807, 2.05) is 48.5 Å². The summed E-state index contributed by atoms with van der Waals surface area (Å²) in [5.41, 5.74) is 2.82. The predicted octanol–water partition coefficient (Wildman–Crippen LogP) is 4.75. The molecule has 2 rings (SSSR count). The molecule has 0 saturated heterocycles. The van der Waals surface area contributed by atoms with Gasteiger partial charge in [-0.15, -0.1) is 6.58 Å². The predicted molar refractivity (Wildman–Crippen MR) is 111 cm³/mol. The maximum absolute atomic E-state index is 12.1. The average molecular weight is 425 g/mol. The number of hydrogen-bond donors (Lipinski definition) is 0. The van der Waals surface area contributed by atoms with Gasteiger partial charge in [0.05, 0.1) is 4.47 Å². The number of allylic oxidation sites excluding steroid dienone is 1. The second-order valence-corrected chi connectivity index (χ2v) is 6.98. The summed E-state index contributed by atoms with van der Waals surface area (Å²) in [6, 6.07) is 15.6. The molecule has 0 fully saturated rings. The number of nitrogens with zero attached hydrogens (tertiary/aromatic N) is 2. The Bertz CT molecular complexity index is 897. The molecule has 0 unspecified atom stereocenters. The third-order valence-corrected chi connectivity index (χ3v) is 4.39. The van der Waals surface area contributed by atoms with Gasteiger partial charge in [-0.05, 0) is 57.2 Å². The fourth-order valence-corrected chi connectivity index (χ4v) is 3.14. The van der Waals surface area contributed by atoms with Gasteiger partial charge in [-0.3, -0.25) is 4.79 Å². The van der Waals surface area contributed by atoms with Crippen LogP contribution in [-0.4, -0.2) is 24.9 Å². The highest BCUT2D eigenvalue weighted by molar-refractivity contribution is 9.10. The molecule has 0 N–H and O–H groups in total. The lowest BCUT2D eigenvalue weighted by Gasteiger charge is -2.14. The van der Waals surface area contributed by atoms with Crippen LogP contribution in [0.25, 0.3) is 6.08 Å². The molecule has 0 spiro atoms. The lowest BCUT2D eigenvalue weighted by atomic mass is 10.0. The van der Waals surface area contributed by atoms with Crippen molar-refractivity contribution in [3.05, 3.63) is 81.9 Å². The molecule has 2 aromatic carbocycles. The molecule has 0 bridgehead atoms. The molecule has 0 saturated carbocycles. The van der Waals surface area contributed by atoms with Crippen LogP contribution in [0.3, 0.4) is 0 Å². The van der Waals surface area contributed by atoms with Gasteiger partial charge in [0.25, 0.3) is 5.91 Å². The largest absolute Gasteiger partial charge is 0.487 e. The third-order valence-electron chi connectivity index (χ3n) is 3.80. The zero-order valence-electron chi connectivity index (χ0n) is 15.4. The van der Waals surface area contributed by atoms with E-state index in [9.17, 15) is 10.1 Å². The lowest BCUT2D eigenvalue weighted by molar-refractivity contribution is -0.124. The summed E-state index contributed by atoms with van der Waals surface area (Å²) < 4.78 is 6.79. The number of hydrogen-bond acceptors (Lipinski definition) is 3. The van der Waals surface area contributed by atoms with E-state index in [1.165, 1.54) is 4.90 Å². The molecule has 0 aliphatic heterocycles. The molecule has 4 nitrogen and oxygen atoms in total. The van der Waals surface area contributed by atoms with Crippen molar-refractivity contribution in [2.24, 2.45) is 0 Å². The fourth-order valence-electron chi connectivity index (χ4n) is 2.50. The van der Waals surface area contributed by atoms with E-state index in [0.29, 0.717) is 13.0 Å². The minimum absolute atomic E-state index is 0.0782. The van der Waals surface area contributed by atoms with E-state index in [-0.39, 0.29) is 11.5 Å². The highest BCUT2D eigenvalue weighted by atomic mass is 79.9. The van der Waals surface area contributed by atoms with Crippen LogP contribution in [0.5, 0.6) is 5.75 Å². The Morgan fingerprint density at radius 1 is 1.30 bits per heavy atom. The molecular formula is C22H21BrN2O2. The number of rotatable bonds is 7. The van der Waals surface area contributed by atoms with E-state index < -0.39 is 0 Å². The van der Waals surface area contributed by atoms with Gasteiger partial charge in [0.15, 0.2) is 0 Å². The number of carbonyl (C=O) groups excluding carboxylic acids is 1. The summed E-state index contributed by atoms with van der Waals surface area (Å²) in [4.78, 5) is 13.5. The van der Waals surface area contributed by atoms with E-state index in [0.717, 1.165) is 26.9 Å². The Morgan fingerprint density at radius 3 is 2.59 bits per heavy atom. The van der Waals surface area contributed by atoms with Gasteiger partial charge in [-0.25, -0.2) is 0 Å². The van der Waals surface area contributed by atoms with Gasteiger partial charge in [0.1, 0.15) is 24.0 Å². The number of amides is 1. The van der Waals surface area contributed by atoms with Crippen LogP contribution in [0.2, 0.25) is 0 Å². The third kappa shape index (κ3) is 5.57. The van der Waals surface area contributed by atoms with Crippen LogP contribution >= 0.6 is 15.9 Å². The van der Waals surface area contributed by atoms with Gasteiger partial charge in [0, 0.05) is 14.1 Å². The quantitative estimate of drug-likeness (QED) is 0.366. The normalized spacial score (nSPS) is 10.8. The number of likely N-dealkylation sites (N-methyl/N-ethyl adjacent to an activating group) is 1. The standard InChI is InChI=1S/C22H21BrN2O2/c1-4-8-18-11-17(12-19(14-24)22(26)25(2)3)13-20(23)21(18)27-15-16-9-6-5-7-10-16/h4-7,9-13H,1,8,15H2,2-3H3/b19-12-. The molecule has 0 aromatic heterocycles. The minimum Gasteiger partial charge on any atom is -0.487 e. The first-order chi connectivity index (χ1) is 13.0. The Labute approximate surface area is 168 Å². The Morgan fingerprint density at radius 2 is 2.00 bits per heavy atom. The van der Waals surface area contributed by atoms with Crippen molar-refractivity contribution in [2.45, 2.75) is 13.0 Å². The van der Waals surface area contributed by atoms with Gasteiger partial charge < -0.3 is 9.64 Å². The number of benzene rings is 2. The van der Waals surface area contributed by atoms with Crippen molar-refractivity contribution < 1.29 is 9.53 Å². The Balaban J connectivity index is 2.36. The summed E-state index contributed by atoms with van der Waals surface area (Å²) in [5.74, 6) is 0.400. The topological polar surface area (TPSA) is 53.3 Å². The van der Waals surface area contributed by atoms with Crippen molar-refractivity contribution in [3.8, 4) is 11.8 Å². The van der Waals surface area contributed by atoms with E-state index in [4.69, 9.17) is 4.74 Å². The summed E-state index contributed by atoms with van der Waals surface area (Å²) in [6.07, 6.45) is 3.98. The smallest absolute Gasteiger partial charge is 0.264 e. The molecule has 0 aliphatic carbocycles. The van der Waals surface area contributed by atoms with Gasteiger partial charge in [-0.2, -0.15) is 5.26 Å². The van der Waals surface area contributed by atoms with Gasteiger partial charge in [0.2, 0.25) is 0 Å². The molecule has 0 radical (unpaired) electrons. The number of halogens is 1. The Kier molecular flexibility index (Phi) is 7.39. The zero-order valence-corrected chi connectivity index (χ0v) is 17.0. The maximum Gasteiger partial charge on any atom is 0.264 e. The molecule has 0 atom stereocenters. The average Bonchev–Trinajstić information content (AvgIpc) is 2.66. The molecule has 2 aromatic rings. The monoisotopic (exact) mass is 424 g/mol. The van der Waals surface area contributed by atoms with Gasteiger partial charge >= 0.3 is 0 Å². The summed E-state index contributed by atoms with van der Waals surface area (Å²) >= 11 is 3.55. The molecule has 1 amide bonds. The SMILES string of the molecule is C=CCc1cc(/C=C(/C#N)C(=O)N(C)C)cc(Br)c1OCc1ccccc1. The summed E-state index contributed by atoms with van der Waals surface area (Å²) in [7, 11) is 3.24. The molecule has 138 valence electrons. The van der Waals surface area contributed by atoms with Gasteiger partial charge in [-0.1, -0.05) is 36.4 Å². The van der Waals surface area contributed by atoms with Crippen LogP contribution in [0.15, 0.2) is 65.2 Å². The van der Waals surface area contributed by atoms with Crippen molar-refractivity contribution in [2.75, 3.05) is 14.1 Å².